The van der Waals surface area contributed by atoms with Gasteiger partial charge in [0.1, 0.15) is 24.1 Å². The van der Waals surface area contributed by atoms with E-state index in [9.17, 15) is 15.3 Å². The van der Waals surface area contributed by atoms with Crippen molar-refractivity contribution in [3.63, 3.8) is 0 Å². The Morgan fingerprint density at radius 2 is 1.96 bits per heavy atom. The van der Waals surface area contributed by atoms with E-state index in [1.165, 1.54) is 0 Å². The molecular formula is C17H23N3O4. The Balaban J connectivity index is 1.62. The topological polar surface area (TPSA) is 108 Å². The molecule has 4 N–H and O–H groups in total. The van der Waals surface area contributed by atoms with Gasteiger partial charge in [-0.05, 0) is 25.7 Å². The SMILES string of the molecule is OC1CC(Oc2nc(C3CC=CCN3)nc3c2CCC3)C(O)C1O. The molecule has 0 radical (unpaired) electrons. The number of aryl methyl sites for hydroxylation is 1. The van der Waals surface area contributed by atoms with E-state index < -0.39 is 24.4 Å². The maximum absolute atomic E-state index is 10.1. The third-order valence-electron chi connectivity index (χ3n) is 5.11. The number of fused-ring (bicyclic) bond motifs is 1. The van der Waals surface area contributed by atoms with Crippen molar-refractivity contribution in [1.82, 2.24) is 15.3 Å². The Labute approximate surface area is 140 Å². The minimum atomic E-state index is -1.17. The maximum atomic E-state index is 10.1. The van der Waals surface area contributed by atoms with Crippen LogP contribution >= 0.6 is 0 Å². The van der Waals surface area contributed by atoms with Gasteiger partial charge in [0.05, 0.1) is 17.8 Å². The third kappa shape index (κ3) is 2.82. The average Bonchev–Trinajstić information content (AvgIpc) is 3.17. The zero-order chi connectivity index (χ0) is 16.7. The molecule has 1 aromatic heterocycles. The summed E-state index contributed by atoms with van der Waals surface area (Å²) in [6.07, 6.45) is 4.11. The van der Waals surface area contributed by atoms with Crippen LogP contribution in [0.5, 0.6) is 5.88 Å². The number of hydrogen-bond donors (Lipinski definition) is 4. The lowest BCUT2D eigenvalue weighted by Crippen LogP contribution is -2.35. The van der Waals surface area contributed by atoms with E-state index in [-0.39, 0.29) is 12.5 Å². The smallest absolute Gasteiger partial charge is 0.220 e. The Morgan fingerprint density at radius 1 is 1.08 bits per heavy atom. The fourth-order valence-electron chi connectivity index (χ4n) is 3.70. The molecule has 130 valence electrons. The first-order valence-corrected chi connectivity index (χ1v) is 8.62. The van der Waals surface area contributed by atoms with Crippen molar-refractivity contribution in [1.29, 1.82) is 0 Å². The lowest BCUT2D eigenvalue weighted by Gasteiger charge is -2.22. The highest BCUT2D eigenvalue weighted by atomic mass is 16.5. The number of hydrogen-bond acceptors (Lipinski definition) is 7. The Bertz CT molecular complexity index is 651. The number of aromatic nitrogens is 2. The van der Waals surface area contributed by atoms with E-state index in [0.29, 0.717) is 11.7 Å². The van der Waals surface area contributed by atoms with Gasteiger partial charge in [-0.1, -0.05) is 12.2 Å². The number of aliphatic hydroxyl groups is 3. The van der Waals surface area contributed by atoms with Crippen molar-refractivity contribution in [3.8, 4) is 5.88 Å². The summed E-state index contributed by atoms with van der Waals surface area (Å²) in [5.74, 6) is 1.21. The first-order valence-electron chi connectivity index (χ1n) is 8.62. The molecule has 1 aliphatic heterocycles. The summed E-state index contributed by atoms with van der Waals surface area (Å²) < 4.78 is 5.94. The van der Waals surface area contributed by atoms with Crippen LogP contribution in [0.4, 0.5) is 0 Å². The predicted molar refractivity (Wildman–Crippen MR) is 85.6 cm³/mol. The van der Waals surface area contributed by atoms with E-state index >= 15 is 0 Å². The fourth-order valence-corrected chi connectivity index (χ4v) is 3.70. The molecule has 0 aromatic carbocycles. The number of nitrogens with zero attached hydrogens (tertiary/aromatic N) is 2. The number of nitrogens with one attached hydrogen (secondary N) is 1. The molecule has 4 rings (SSSR count). The Morgan fingerprint density at radius 3 is 2.67 bits per heavy atom. The highest BCUT2D eigenvalue weighted by Crippen LogP contribution is 2.33. The number of aliphatic hydroxyl groups excluding tert-OH is 3. The van der Waals surface area contributed by atoms with E-state index in [2.05, 4.69) is 22.5 Å². The lowest BCUT2D eigenvalue weighted by molar-refractivity contribution is -0.0374. The summed E-state index contributed by atoms with van der Waals surface area (Å²) >= 11 is 0. The van der Waals surface area contributed by atoms with Gasteiger partial charge in [-0.3, -0.25) is 0 Å². The van der Waals surface area contributed by atoms with Crippen molar-refractivity contribution >= 4 is 0 Å². The van der Waals surface area contributed by atoms with Crippen LogP contribution in [0, 0.1) is 0 Å². The molecule has 7 heteroatoms. The highest BCUT2D eigenvalue weighted by molar-refractivity contribution is 5.35. The second-order valence-electron chi connectivity index (χ2n) is 6.77. The maximum Gasteiger partial charge on any atom is 0.220 e. The molecule has 1 saturated carbocycles. The quantitative estimate of drug-likeness (QED) is 0.567. The van der Waals surface area contributed by atoms with Gasteiger partial charge in [0, 0.05) is 18.5 Å². The van der Waals surface area contributed by atoms with Crippen LogP contribution in [-0.2, 0) is 12.8 Å². The van der Waals surface area contributed by atoms with Crippen LogP contribution in [-0.4, -0.2) is 56.2 Å². The second-order valence-corrected chi connectivity index (χ2v) is 6.77. The zero-order valence-electron chi connectivity index (χ0n) is 13.4. The first kappa shape index (κ1) is 16.0. The minimum Gasteiger partial charge on any atom is -0.471 e. The van der Waals surface area contributed by atoms with Crippen LogP contribution in [0.1, 0.15) is 42.4 Å². The van der Waals surface area contributed by atoms with Crippen molar-refractivity contribution in [3.05, 3.63) is 29.2 Å². The average molecular weight is 333 g/mol. The van der Waals surface area contributed by atoms with Gasteiger partial charge in [-0.25, -0.2) is 4.98 Å². The van der Waals surface area contributed by atoms with Crippen LogP contribution in [0.2, 0.25) is 0 Å². The summed E-state index contributed by atoms with van der Waals surface area (Å²) in [5, 5.41) is 32.9. The van der Waals surface area contributed by atoms with Crippen molar-refractivity contribution in [2.24, 2.45) is 0 Å². The summed E-state index contributed by atoms with van der Waals surface area (Å²) in [5.41, 5.74) is 2.01. The van der Waals surface area contributed by atoms with Crippen molar-refractivity contribution < 1.29 is 20.1 Å². The summed E-state index contributed by atoms with van der Waals surface area (Å²) in [4.78, 5) is 9.32. The van der Waals surface area contributed by atoms with E-state index in [0.717, 1.165) is 43.5 Å². The van der Waals surface area contributed by atoms with Gasteiger partial charge in [-0.15, -0.1) is 0 Å². The Hall–Kier alpha value is -1.54. The van der Waals surface area contributed by atoms with Crippen LogP contribution < -0.4 is 10.1 Å². The van der Waals surface area contributed by atoms with E-state index in [1.807, 2.05) is 0 Å². The van der Waals surface area contributed by atoms with E-state index in [4.69, 9.17) is 9.72 Å². The molecule has 2 heterocycles. The molecule has 0 spiro atoms. The summed E-state index contributed by atoms with van der Waals surface area (Å²) in [7, 11) is 0. The van der Waals surface area contributed by atoms with Crippen molar-refractivity contribution in [2.45, 2.75) is 62.6 Å². The van der Waals surface area contributed by atoms with Gasteiger partial charge < -0.3 is 25.4 Å². The molecule has 7 nitrogen and oxygen atoms in total. The molecule has 24 heavy (non-hydrogen) atoms. The van der Waals surface area contributed by atoms with Gasteiger partial charge in [0.2, 0.25) is 5.88 Å². The molecule has 1 aromatic rings. The normalized spacial score (nSPS) is 35.2. The van der Waals surface area contributed by atoms with Crippen LogP contribution in [0.25, 0.3) is 0 Å². The van der Waals surface area contributed by atoms with Gasteiger partial charge in [0.15, 0.2) is 0 Å². The molecule has 5 atom stereocenters. The van der Waals surface area contributed by atoms with Gasteiger partial charge in [0.25, 0.3) is 0 Å². The van der Waals surface area contributed by atoms with Gasteiger partial charge in [-0.2, -0.15) is 4.98 Å². The fraction of sp³-hybridized carbons (Fsp3) is 0.647. The molecule has 3 aliphatic rings. The molecule has 2 aliphatic carbocycles. The third-order valence-corrected chi connectivity index (χ3v) is 5.11. The summed E-state index contributed by atoms with van der Waals surface area (Å²) in [6.45, 7) is 0.793. The molecule has 5 unspecified atom stereocenters. The molecule has 0 saturated heterocycles. The predicted octanol–water partition coefficient (Wildman–Crippen LogP) is -0.210. The Kier molecular flexibility index (Phi) is 4.26. The van der Waals surface area contributed by atoms with Crippen LogP contribution in [0.15, 0.2) is 12.2 Å². The van der Waals surface area contributed by atoms with E-state index in [1.54, 1.807) is 0 Å². The molecule has 0 amide bonds. The second kappa shape index (κ2) is 6.40. The first-order chi connectivity index (χ1) is 11.6. The van der Waals surface area contributed by atoms with Gasteiger partial charge >= 0.3 is 0 Å². The number of rotatable bonds is 3. The van der Waals surface area contributed by atoms with Crippen molar-refractivity contribution in [2.75, 3.05) is 6.54 Å². The largest absolute Gasteiger partial charge is 0.471 e. The molecule has 0 bridgehead atoms. The monoisotopic (exact) mass is 333 g/mol. The summed E-state index contributed by atoms with van der Waals surface area (Å²) in [6, 6.07) is 0.0629. The van der Waals surface area contributed by atoms with Crippen LogP contribution in [0.3, 0.4) is 0 Å². The zero-order valence-corrected chi connectivity index (χ0v) is 13.4. The molecular weight excluding hydrogens is 310 g/mol. The number of ether oxygens (including phenoxy) is 1. The minimum absolute atomic E-state index is 0.0629. The highest BCUT2D eigenvalue weighted by Gasteiger charge is 2.43. The standard InChI is InChI=1S/C17H23N3O4/c21-12-8-13(15(23)14(12)22)24-17-9-4-3-6-10(9)19-16(20-17)11-5-1-2-7-18-11/h1-2,11-15,18,21-23H,3-8H2. The lowest BCUT2D eigenvalue weighted by atomic mass is 10.1. The molecule has 1 fully saturated rings.